The van der Waals surface area contributed by atoms with Crippen LogP contribution in [0.15, 0.2) is 46.3 Å². The van der Waals surface area contributed by atoms with Crippen LogP contribution in [0.25, 0.3) is 10.7 Å². The molecule has 3 heterocycles. The highest BCUT2D eigenvalue weighted by Gasteiger charge is 2.31. The predicted molar refractivity (Wildman–Crippen MR) is 122 cm³/mol. The molecule has 0 saturated heterocycles. The van der Waals surface area contributed by atoms with Crippen molar-refractivity contribution in [1.29, 1.82) is 0 Å². The van der Waals surface area contributed by atoms with Crippen molar-refractivity contribution in [3.63, 3.8) is 0 Å². The van der Waals surface area contributed by atoms with Crippen LogP contribution < -0.4 is 15.0 Å². The Bertz CT molecular complexity index is 1050. The fourth-order valence-corrected chi connectivity index (χ4v) is 4.21. The molecule has 1 aliphatic rings. The van der Waals surface area contributed by atoms with Gasteiger partial charge in [-0.3, -0.25) is 9.59 Å². The Kier molecular flexibility index (Phi) is 7.16. The van der Waals surface area contributed by atoms with Crippen LogP contribution >= 0.6 is 11.3 Å². The smallest absolute Gasteiger partial charge is 0.267 e. The second kappa shape index (κ2) is 10.4. The van der Waals surface area contributed by atoms with Crippen molar-refractivity contribution < 1.29 is 18.8 Å². The van der Waals surface area contributed by atoms with Gasteiger partial charge in [-0.15, -0.1) is 11.3 Å². The van der Waals surface area contributed by atoms with E-state index in [1.807, 2.05) is 41.8 Å². The fourth-order valence-electron chi connectivity index (χ4n) is 3.56. The van der Waals surface area contributed by atoms with E-state index in [1.54, 1.807) is 23.2 Å². The molecule has 1 N–H and O–H groups in total. The first-order valence-electron chi connectivity index (χ1n) is 10.8. The number of nitrogens with zero attached hydrogens (tertiary/aromatic N) is 3. The number of benzene rings is 1. The molecular weight excluding hydrogens is 428 g/mol. The van der Waals surface area contributed by atoms with Crippen molar-refractivity contribution in [2.24, 2.45) is 0 Å². The average molecular weight is 455 g/mol. The number of rotatable bonds is 10. The summed E-state index contributed by atoms with van der Waals surface area (Å²) in [5.41, 5.74) is 0.715. The average Bonchev–Trinajstić information content (AvgIpc) is 3.48. The maximum Gasteiger partial charge on any atom is 0.267 e. The van der Waals surface area contributed by atoms with Crippen molar-refractivity contribution in [1.82, 2.24) is 15.5 Å². The summed E-state index contributed by atoms with van der Waals surface area (Å²) in [6.45, 7) is 2.66. The molecule has 32 heavy (non-hydrogen) atoms. The number of aryl methyl sites for hydroxylation is 1. The van der Waals surface area contributed by atoms with E-state index in [2.05, 4.69) is 15.5 Å². The number of thiophene rings is 1. The van der Waals surface area contributed by atoms with E-state index in [1.165, 1.54) is 0 Å². The number of nitrogens with one attached hydrogen (secondary N) is 1. The number of carbonyl (C=O) groups excluding carboxylic acids is 2. The molecule has 0 aliphatic carbocycles. The maximum atomic E-state index is 12.5. The van der Waals surface area contributed by atoms with Crippen LogP contribution in [0.2, 0.25) is 0 Å². The van der Waals surface area contributed by atoms with Crippen LogP contribution in [0.5, 0.6) is 5.75 Å². The number of aromatic nitrogens is 2. The second-order valence-corrected chi connectivity index (χ2v) is 8.57. The van der Waals surface area contributed by atoms with Crippen molar-refractivity contribution >= 4 is 28.8 Å². The van der Waals surface area contributed by atoms with Crippen LogP contribution in [-0.4, -0.2) is 41.1 Å². The number of para-hydroxylation sites is 2. The summed E-state index contributed by atoms with van der Waals surface area (Å²) in [6.07, 6.45) is 3.16. The zero-order chi connectivity index (χ0) is 22.3. The molecule has 0 fully saturated rings. The molecule has 8 nitrogen and oxygen atoms in total. The summed E-state index contributed by atoms with van der Waals surface area (Å²) in [5, 5.41) is 8.93. The van der Waals surface area contributed by atoms with E-state index < -0.39 is 6.10 Å². The van der Waals surface area contributed by atoms with E-state index in [-0.39, 0.29) is 18.2 Å². The molecule has 9 heteroatoms. The van der Waals surface area contributed by atoms with Gasteiger partial charge in [-0.25, -0.2) is 0 Å². The van der Waals surface area contributed by atoms with Crippen molar-refractivity contribution in [2.45, 2.75) is 45.1 Å². The largest absolute Gasteiger partial charge is 0.479 e. The van der Waals surface area contributed by atoms with Gasteiger partial charge in [0.1, 0.15) is 5.75 Å². The first-order valence-corrected chi connectivity index (χ1v) is 11.7. The Morgan fingerprint density at radius 2 is 2.06 bits per heavy atom. The highest BCUT2D eigenvalue weighted by molar-refractivity contribution is 7.13. The van der Waals surface area contributed by atoms with E-state index in [0.717, 1.165) is 30.6 Å². The van der Waals surface area contributed by atoms with Crippen LogP contribution in [0.4, 0.5) is 5.69 Å². The van der Waals surface area contributed by atoms with Gasteiger partial charge < -0.3 is 19.5 Å². The van der Waals surface area contributed by atoms with Gasteiger partial charge in [-0.1, -0.05) is 29.8 Å². The second-order valence-electron chi connectivity index (χ2n) is 7.62. The van der Waals surface area contributed by atoms with Gasteiger partial charge >= 0.3 is 0 Å². The minimum absolute atomic E-state index is 0.0630. The molecule has 1 atom stereocenters. The molecule has 3 aromatic rings. The number of hydrogen-bond donors (Lipinski definition) is 1. The molecule has 1 unspecified atom stereocenters. The lowest BCUT2D eigenvalue weighted by molar-refractivity contribution is -0.125. The van der Waals surface area contributed by atoms with Gasteiger partial charge in [-0.2, -0.15) is 4.98 Å². The molecule has 1 aromatic carbocycles. The highest BCUT2D eigenvalue weighted by Crippen LogP contribution is 2.33. The summed E-state index contributed by atoms with van der Waals surface area (Å²) in [6, 6.07) is 11.3. The van der Waals surface area contributed by atoms with Gasteiger partial charge in [0, 0.05) is 25.9 Å². The molecular formula is C23H26N4O4S. The molecule has 0 bridgehead atoms. The fraction of sp³-hybridized carbons (Fsp3) is 0.391. The van der Waals surface area contributed by atoms with Crippen molar-refractivity contribution in [3.8, 4) is 16.5 Å². The normalized spacial score (nSPS) is 15.3. The van der Waals surface area contributed by atoms with Crippen molar-refractivity contribution in [2.75, 3.05) is 18.0 Å². The van der Waals surface area contributed by atoms with Gasteiger partial charge in [0.15, 0.2) is 6.10 Å². The number of amides is 2. The van der Waals surface area contributed by atoms with Gasteiger partial charge in [0.25, 0.3) is 5.91 Å². The number of hydrogen-bond acceptors (Lipinski definition) is 7. The quantitative estimate of drug-likeness (QED) is 0.468. The molecule has 0 radical (unpaired) electrons. The van der Waals surface area contributed by atoms with Gasteiger partial charge in [-0.05, 0) is 43.3 Å². The zero-order valence-electron chi connectivity index (χ0n) is 18.0. The predicted octanol–water partition coefficient (Wildman–Crippen LogP) is 3.83. The Morgan fingerprint density at radius 1 is 1.19 bits per heavy atom. The van der Waals surface area contributed by atoms with E-state index >= 15 is 0 Å². The molecule has 0 spiro atoms. The van der Waals surface area contributed by atoms with Crippen LogP contribution in [0, 0.1) is 0 Å². The summed E-state index contributed by atoms with van der Waals surface area (Å²) < 4.78 is 10.9. The standard InChI is InChI=1S/C23H26N4O4S/c1-16-23(29)27(17-8-4-5-9-18(17)30-16)14-12-20(28)24-13-6-2-3-11-21-25-22(26-31-21)19-10-7-15-32-19/h4-5,7-10,15-16H,2-3,6,11-14H2,1H3,(H,24,28). The lowest BCUT2D eigenvalue weighted by Crippen LogP contribution is -2.45. The third-order valence-electron chi connectivity index (χ3n) is 5.24. The maximum absolute atomic E-state index is 12.5. The van der Waals surface area contributed by atoms with E-state index in [0.29, 0.717) is 36.2 Å². The molecule has 2 amide bonds. The Balaban J connectivity index is 1.13. The Labute approximate surface area is 190 Å². The van der Waals surface area contributed by atoms with Gasteiger partial charge in [0.05, 0.1) is 10.6 Å². The zero-order valence-corrected chi connectivity index (χ0v) is 18.8. The minimum Gasteiger partial charge on any atom is -0.479 e. The first-order chi connectivity index (χ1) is 15.6. The summed E-state index contributed by atoms with van der Waals surface area (Å²) in [7, 11) is 0. The molecule has 2 aromatic heterocycles. The SMILES string of the molecule is CC1Oc2ccccc2N(CCC(=O)NCCCCCc2nc(-c3cccs3)no2)C1=O. The third-order valence-corrected chi connectivity index (χ3v) is 6.10. The topological polar surface area (TPSA) is 97.6 Å². The summed E-state index contributed by atoms with van der Waals surface area (Å²) in [4.78, 5) is 31.8. The van der Waals surface area contributed by atoms with Crippen LogP contribution in [-0.2, 0) is 16.0 Å². The number of fused-ring (bicyclic) bond motifs is 1. The summed E-state index contributed by atoms with van der Waals surface area (Å²) in [5.74, 6) is 1.76. The Morgan fingerprint density at radius 3 is 2.91 bits per heavy atom. The van der Waals surface area contributed by atoms with E-state index in [4.69, 9.17) is 9.26 Å². The number of unbranched alkanes of at least 4 members (excludes halogenated alkanes) is 2. The highest BCUT2D eigenvalue weighted by atomic mass is 32.1. The van der Waals surface area contributed by atoms with E-state index in [9.17, 15) is 9.59 Å². The number of ether oxygens (including phenoxy) is 1. The first kappa shape index (κ1) is 22.0. The number of anilines is 1. The monoisotopic (exact) mass is 454 g/mol. The van der Waals surface area contributed by atoms with Crippen LogP contribution in [0.1, 0.15) is 38.5 Å². The number of carbonyl (C=O) groups is 2. The lowest BCUT2D eigenvalue weighted by Gasteiger charge is -2.32. The third kappa shape index (κ3) is 5.34. The molecule has 168 valence electrons. The molecule has 1 aliphatic heterocycles. The molecule has 0 saturated carbocycles. The molecule has 4 rings (SSSR count). The van der Waals surface area contributed by atoms with Crippen molar-refractivity contribution in [3.05, 3.63) is 47.7 Å². The summed E-state index contributed by atoms with van der Waals surface area (Å²) >= 11 is 1.58. The van der Waals surface area contributed by atoms with Crippen LogP contribution in [0.3, 0.4) is 0 Å². The minimum atomic E-state index is -0.548. The van der Waals surface area contributed by atoms with Gasteiger partial charge in [0.2, 0.25) is 17.6 Å². The lowest BCUT2D eigenvalue weighted by atomic mass is 10.1. The Hall–Kier alpha value is -3.20.